The summed E-state index contributed by atoms with van der Waals surface area (Å²) in [4.78, 5) is 36.9. The van der Waals surface area contributed by atoms with Gasteiger partial charge in [-0.3, -0.25) is 4.79 Å². The molecule has 0 spiro atoms. The second kappa shape index (κ2) is 10.7. The van der Waals surface area contributed by atoms with Gasteiger partial charge in [0, 0.05) is 12.5 Å². The second-order valence-electron chi connectivity index (χ2n) is 9.84. The molecule has 2 atom stereocenters. The lowest BCUT2D eigenvalue weighted by molar-refractivity contribution is -0.145. The van der Waals surface area contributed by atoms with Crippen LogP contribution < -0.4 is 10.6 Å². The summed E-state index contributed by atoms with van der Waals surface area (Å²) in [6.07, 6.45) is 0.644. The Morgan fingerprint density at radius 2 is 1.56 bits per heavy atom. The number of alkyl carbamates (subject to hydrolysis) is 1. The number of carbonyl (C=O) groups is 3. The summed E-state index contributed by atoms with van der Waals surface area (Å²) in [7, 11) is 0. The van der Waals surface area contributed by atoms with Crippen molar-refractivity contribution in [3.05, 3.63) is 59.7 Å². The number of ether oxygens (including phenoxy) is 1. The first-order valence-electron chi connectivity index (χ1n) is 11.8. The maximum Gasteiger partial charge on any atom is 0.407 e. The topological polar surface area (TPSA) is 105 Å². The molecule has 2 aromatic carbocycles. The van der Waals surface area contributed by atoms with Crippen molar-refractivity contribution in [3.63, 3.8) is 0 Å². The molecule has 1 aliphatic carbocycles. The van der Waals surface area contributed by atoms with E-state index in [1.807, 2.05) is 31.2 Å². The lowest BCUT2D eigenvalue weighted by atomic mass is 9.86. The van der Waals surface area contributed by atoms with E-state index < -0.39 is 29.4 Å². The van der Waals surface area contributed by atoms with Crippen LogP contribution in [0.1, 0.15) is 57.6 Å². The van der Waals surface area contributed by atoms with Crippen molar-refractivity contribution in [1.82, 2.24) is 10.6 Å². The monoisotopic (exact) mass is 466 g/mol. The first-order chi connectivity index (χ1) is 16.1. The predicted molar refractivity (Wildman–Crippen MR) is 130 cm³/mol. The van der Waals surface area contributed by atoms with Gasteiger partial charge in [-0.2, -0.15) is 0 Å². The van der Waals surface area contributed by atoms with E-state index in [9.17, 15) is 19.5 Å². The summed E-state index contributed by atoms with van der Waals surface area (Å²) < 4.78 is 5.55. The van der Waals surface area contributed by atoms with Crippen LogP contribution >= 0.6 is 0 Å². The van der Waals surface area contributed by atoms with Gasteiger partial charge in [-0.05, 0) is 34.1 Å². The Morgan fingerprint density at radius 1 is 1.00 bits per heavy atom. The lowest BCUT2D eigenvalue weighted by Gasteiger charge is -2.29. The van der Waals surface area contributed by atoms with E-state index in [2.05, 4.69) is 34.9 Å². The Balaban J connectivity index is 1.59. The van der Waals surface area contributed by atoms with E-state index in [-0.39, 0.29) is 25.0 Å². The number of amides is 2. The number of fused-ring (bicyclic) bond motifs is 3. The summed E-state index contributed by atoms with van der Waals surface area (Å²) in [6.45, 7) is 7.48. The van der Waals surface area contributed by atoms with Crippen LogP contribution in [0.5, 0.6) is 0 Å². The molecule has 0 bridgehead atoms. The summed E-state index contributed by atoms with van der Waals surface area (Å²) in [5.41, 5.74) is 3.92. The molecular weight excluding hydrogens is 432 g/mol. The fourth-order valence-electron chi connectivity index (χ4n) is 4.44. The highest BCUT2D eigenvalue weighted by Crippen LogP contribution is 2.44. The smallest absolute Gasteiger partial charge is 0.407 e. The molecule has 0 heterocycles. The number of benzene rings is 2. The quantitative estimate of drug-likeness (QED) is 0.503. The number of carbonyl (C=O) groups excluding carboxylic acids is 2. The lowest BCUT2D eigenvalue weighted by Crippen LogP contribution is -2.52. The molecule has 0 saturated heterocycles. The standard InChI is InChI=1S/C27H34N2O5/c1-5-10-17(24(30)29-23(25(31)32)27(2,3)4)15-28-26(33)34-16-22-20-13-8-6-11-18(20)19-12-7-9-14-21(19)22/h6-9,11-14,17,22-23H,5,10,15-16H2,1-4H3,(H,28,33)(H,29,30)(H,31,32)/t17?,23-/m1/s1. The number of hydrogen-bond donors (Lipinski definition) is 3. The third-order valence-electron chi connectivity index (χ3n) is 6.24. The van der Waals surface area contributed by atoms with E-state index in [1.165, 1.54) is 0 Å². The highest BCUT2D eigenvalue weighted by atomic mass is 16.5. The van der Waals surface area contributed by atoms with Crippen molar-refractivity contribution in [3.8, 4) is 11.1 Å². The van der Waals surface area contributed by atoms with Crippen LogP contribution in [0, 0.1) is 11.3 Å². The summed E-state index contributed by atoms with van der Waals surface area (Å²) in [6, 6.07) is 15.2. The molecule has 0 aromatic heterocycles. The van der Waals surface area contributed by atoms with Crippen molar-refractivity contribution in [2.45, 2.75) is 52.5 Å². The van der Waals surface area contributed by atoms with Crippen LogP contribution in [0.3, 0.4) is 0 Å². The number of aliphatic carboxylic acids is 1. The third-order valence-corrected chi connectivity index (χ3v) is 6.24. The van der Waals surface area contributed by atoms with Gasteiger partial charge >= 0.3 is 12.1 Å². The molecule has 34 heavy (non-hydrogen) atoms. The Hall–Kier alpha value is -3.35. The number of hydrogen-bond acceptors (Lipinski definition) is 4. The summed E-state index contributed by atoms with van der Waals surface area (Å²) in [5.74, 6) is -2.06. The Morgan fingerprint density at radius 3 is 2.06 bits per heavy atom. The highest BCUT2D eigenvalue weighted by molar-refractivity contribution is 5.86. The summed E-state index contributed by atoms with van der Waals surface area (Å²) in [5, 5.41) is 14.8. The zero-order valence-corrected chi connectivity index (χ0v) is 20.3. The molecule has 2 amide bonds. The number of rotatable bonds is 9. The van der Waals surface area contributed by atoms with Gasteiger partial charge in [-0.1, -0.05) is 82.6 Å². The molecule has 0 aliphatic heterocycles. The van der Waals surface area contributed by atoms with Crippen molar-refractivity contribution in [1.29, 1.82) is 0 Å². The van der Waals surface area contributed by atoms with Crippen LogP contribution in [0.4, 0.5) is 4.79 Å². The zero-order chi connectivity index (χ0) is 24.9. The highest BCUT2D eigenvalue weighted by Gasteiger charge is 2.34. The molecule has 3 rings (SSSR count). The van der Waals surface area contributed by atoms with Crippen molar-refractivity contribution in [2.24, 2.45) is 11.3 Å². The van der Waals surface area contributed by atoms with Crippen LogP contribution in [0.2, 0.25) is 0 Å². The van der Waals surface area contributed by atoms with Crippen LogP contribution in [0.25, 0.3) is 11.1 Å². The van der Waals surface area contributed by atoms with Gasteiger partial charge in [-0.15, -0.1) is 0 Å². The average molecular weight is 467 g/mol. The van der Waals surface area contributed by atoms with Gasteiger partial charge in [0.05, 0.1) is 5.92 Å². The average Bonchev–Trinajstić information content (AvgIpc) is 3.11. The fraction of sp³-hybridized carbons (Fsp3) is 0.444. The van der Waals surface area contributed by atoms with Crippen LogP contribution in [-0.4, -0.2) is 42.3 Å². The van der Waals surface area contributed by atoms with Crippen molar-refractivity contribution < 1.29 is 24.2 Å². The first kappa shape index (κ1) is 25.3. The van der Waals surface area contributed by atoms with E-state index in [0.717, 1.165) is 28.7 Å². The first-order valence-corrected chi connectivity index (χ1v) is 11.8. The van der Waals surface area contributed by atoms with E-state index in [0.29, 0.717) is 6.42 Å². The minimum atomic E-state index is -1.08. The van der Waals surface area contributed by atoms with E-state index in [1.54, 1.807) is 20.8 Å². The zero-order valence-electron chi connectivity index (χ0n) is 20.3. The molecule has 0 fully saturated rings. The van der Waals surface area contributed by atoms with Gasteiger partial charge in [0.15, 0.2) is 0 Å². The third kappa shape index (κ3) is 5.76. The Labute approximate surface area is 200 Å². The van der Waals surface area contributed by atoms with Gasteiger partial charge in [0.25, 0.3) is 0 Å². The predicted octanol–water partition coefficient (Wildman–Crippen LogP) is 4.56. The van der Waals surface area contributed by atoms with Gasteiger partial charge in [0.2, 0.25) is 5.91 Å². The van der Waals surface area contributed by atoms with E-state index >= 15 is 0 Å². The fourth-order valence-corrected chi connectivity index (χ4v) is 4.44. The molecular formula is C27H34N2O5. The molecule has 0 saturated carbocycles. The maximum absolute atomic E-state index is 12.8. The number of nitrogens with one attached hydrogen (secondary N) is 2. The minimum absolute atomic E-state index is 0.0454. The number of carboxylic acid groups (broad SMARTS) is 1. The molecule has 7 nitrogen and oxygen atoms in total. The van der Waals surface area contributed by atoms with Crippen molar-refractivity contribution >= 4 is 18.0 Å². The Bertz CT molecular complexity index is 998. The second-order valence-corrected chi connectivity index (χ2v) is 9.84. The molecule has 2 aromatic rings. The van der Waals surface area contributed by atoms with Gasteiger partial charge < -0.3 is 20.5 Å². The molecule has 1 unspecified atom stereocenters. The van der Waals surface area contributed by atoms with E-state index in [4.69, 9.17) is 4.74 Å². The molecule has 7 heteroatoms. The molecule has 182 valence electrons. The largest absolute Gasteiger partial charge is 0.480 e. The number of carboxylic acids is 1. The SMILES string of the molecule is CCCC(CNC(=O)OCC1c2ccccc2-c2ccccc21)C(=O)N[C@H](C(=O)O)C(C)(C)C. The Kier molecular flexibility index (Phi) is 7.97. The van der Waals surface area contributed by atoms with Crippen molar-refractivity contribution in [2.75, 3.05) is 13.2 Å². The molecule has 1 aliphatic rings. The normalized spacial score (nSPS) is 14.5. The summed E-state index contributed by atoms with van der Waals surface area (Å²) >= 11 is 0. The van der Waals surface area contributed by atoms with Gasteiger partial charge in [-0.25, -0.2) is 9.59 Å². The molecule has 3 N–H and O–H groups in total. The van der Waals surface area contributed by atoms with Crippen LogP contribution in [-0.2, 0) is 14.3 Å². The minimum Gasteiger partial charge on any atom is -0.480 e. The maximum atomic E-state index is 12.8. The van der Waals surface area contributed by atoms with Crippen LogP contribution in [0.15, 0.2) is 48.5 Å². The molecule has 0 radical (unpaired) electrons. The van der Waals surface area contributed by atoms with Gasteiger partial charge in [0.1, 0.15) is 12.6 Å².